The fourth-order valence-electron chi connectivity index (χ4n) is 3.11. The number of carbonyl (C=O) groups is 3. The molecule has 0 aromatic rings. The molecule has 2 rings (SSSR count). The van der Waals surface area contributed by atoms with Gasteiger partial charge >= 0.3 is 5.97 Å². The standard InChI is InChI=1S/C14H18O4/c1-7-4-5-10-8(2)14(17)18-13(10)12(9(3)16)11(7)6-15/h6,8,10,12-13H,4-5H2,1-3H3/t8-,10-,12+,13-/m0/s1. The van der Waals surface area contributed by atoms with E-state index in [2.05, 4.69) is 0 Å². The number of Topliss-reactive ketones (excluding diaryl/α,β-unsaturated/α-hetero) is 1. The quantitative estimate of drug-likeness (QED) is 0.552. The number of rotatable bonds is 2. The number of carbonyl (C=O) groups excluding carboxylic acids is 3. The first kappa shape index (κ1) is 13.0. The lowest BCUT2D eigenvalue weighted by atomic mass is 9.80. The van der Waals surface area contributed by atoms with Crippen molar-refractivity contribution in [2.75, 3.05) is 0 Å². The molecule has 1 aliphatic heterocycles. The minimum Gasteiger partial charge on any atom is -0.461 e. The average Bonchev–Trinajstić information content (AvgIpc) is 2.50. The van der Waals surface area contributed by atoms with Crippen LogP contribution in [0.5, 0.6) is 0 Å². The average molecular weight is 250 g/mol. The molecule has 2 aliphatic rings. The number of allylic oxidation sites excluding steroid dienone is 1. The third-order valence-corrected chi connectivity index (χ3v) is 4.26. The van der Waals surface area contributed by atoms with E-state index in [0.29, 0.717) is 5.57 Å². The van der Waals surface area contributed by atoms with Crippen molar-refractivity contribution in [3.63, 3.8) is 0 Å². The maximum atomic E-state index is 11.8. The summed E-state index contributed by atoms with van der Waals surface area (Å²) in [5.41, 5.74) is 1.46. The van der Waals surface area contributed by atoms with Gasteiger partial charge in [0.15, 0.2) is 0 Å². The third-order valence-electron chi connectivity index (χ3n) is 4.26. The van der Waals surface area contributed by atoms with Gasteiger partial charge in [-0.2, -0.15) is 0 Å². The number of ether oxygens (including phenoxy) is 1. The van der Waals surface area contributed by atoms with Crippen LogP contribution in [-0.4, -0.2) is 24.1 Å². The molecule has 0 unspecified atom stereocenters. The molecule has 0 spiro atoms. The van der Waals surface area contributed by atoms with Gasteiger partial charge in [-0.25, -0.2) is 0 Å². The summed E-state index contributed by atoms with van der Waals surface area (Å²) in [5, 5.41) is 0. The van der Waals surface area contributed by atoms with Gasteiger partial charge in [0.05, 0.1) is 11.8 Å². The summed E-state index contributed by atoms with van der Waals surface area (Å²) >= 11 is 0. The van der Waals surface area contributed by atoms with E-state index in [1.807, 2.05) is 13.8 Å². The van der Waals surface area contributed by atoms with Crippen LogP contribution < -0.4 is 0 Å². The van der Waals surface area contributed by atoms with Crippen molar-refractivity contribution >= 4 is 18.0 Å². The van der Waals surface area contributed by atoms with Crippen LogP contribution in [0.3, 0.4) is 0 Å². The molecular weight excluding hydrogens is 232 g/mol. The van der Waals surface area contributed by atoms with E-state index in [1.165, 1.54) is 6.92 Å². The Morgan fingerprint density at radius 2 is 2.11 bits per heavy atom. The van der Waals surface area contributed by atoms with Crippen LogP contribution >= 0.6 is 0 Å². The second kappa shape index (κ2) is 4.67. The maximum absolute atomic E-state index is 11.8. The molecule has 0 bridgehead atoms. The number of fused-ring (bicyclic) bond motifs is 1. The van der Waals surface area contributed by atoms with Crippen LogP contribution in [0.4, 0.5) is 0 Å². The summed E-state index contributed by atoms with van der Waals surface area (Å²) in [4.78, 5) is 34.7. The van der Waals surface area contributed by atoms with Crippen molar-refractivity contribution in [1.82, 2.24) is 0 Å². The van der Waals surface area contributed by atoms with E-state index in [0.717, 1.165) is 24.7 Å². The Balaban J connectivity index is 2.45. The SMILES string of the molecule is CC(=O)[C@@H]1C(C=O)=C(C)CC[C@@H]2[C@@H]1OC(=O)[C@H]2C. The summed E-state index contributed by atoms with van der Waals surface area (Å²) in [6.45, 7) is 5.18. The van der Waals surface area contributed by atoms with Crippen LogP contribution in [0.1, 0.15) is 33.6 Å². The Labute approximate surface area is 106 Å². The van der Waals surface area contributed by atoms with Gasteiger partial charge in [0.25, 0.3) is 0 Å². The minimum absolute atomic E-state index is 0.0406. The lowest BCUT2D eigenvalue weighted by molar-refractivity contribution is -0.146. The van der Waals surface area contributed by atoms with Crippen LogP contribution in [0.15, 0.2) is 11.1 Å². The highest BCUT2D eigenvalue weighted by Crippen LogP contribution is 2.42. The van der Waals surface area contributed by atoms with E-state index in [4.69, 9.17) is 4.74 Å². The number of esters is 1. The first-order valence-corrected chi connectivity index (χ1v) is 6.33. The molecule has 1 heterocycles. The first-order chi connectivity index (χ1) is 8.47. The fourth-order valence-corrected chi connectivity index (χ4v) is 3.11. The number of hydrogen-bond acceptors (Lipinski definition) is 4. The zero-order chi connectivity index (χ0) is 13.4. The topological polar surface area (TPSA) is 60.4 Å². The molecule has 18 heavy (non-hydrogen) atoms. The van der Waals surface area contributed by atoms with Crippen LogP contribution in [0.25, 0.3) is 0 Å². The summed E-state index contributed by atoms with van der Waals surface area (Å²) in [7, 11) is 0. The summed E-state index contributed by atoms with van der Waals surface area (Å²) in [5.74, 6) is -1.07. The van der Waals surface area contributed by atoms with Crippen molar-refractivity contribution in [1.29, 1.82) is 0 Å². The van der Waals surface area contributed by atoms with Crippen LogP contribution in [0, 0.1) is 17.8 Å². The Morgan fingerprint density at radius 1 is 1.44 bits per heavy atom. The molecule has 4 nitrogen and oxygen atoms in total. The van der Waals surface area contributed by atoms with Gasteiger partial charge < -0.3 is 4.74 Å². The predicted molar refractivity (Wildman–Crippen MR) is 64.7 cm³/mol. The summed E-state index contributed by atoms with van der Waals surface area (Å²) in [6, 6.07) is 0. The van der Waals surface area contributed by atoms with E-state index >= 15 is 0 Å². The van der Waals surface area contributed by atoms with Gasteiger partial charge in [0, 0.05) is 11.5 Å². The third kappa shape index (κ3) is 1.89. The number of ketones is 1. The van der Waals surface area contributed by atoms with Gasteiger partial charge in [-0.1, -0.05) is 12.5 Å². The van der Waals surface area contributed by atoms with Gasteiger partial charge in [-0.15, -0.1) is 0 Å². The van der Waals surface area contributed by atoms with Crippen molar-refractivity contribution in [2.24, 2.45) is 17.8 Å². The highest BCUT2D eigenvalue weighted by atomic mass is 16.6. The Morgan fingerprint density at radius 3 is 2.67 bits per heavy atom. The molecule has 0 saturated carbocycles. The predicted octanol–water partition coefficient (Wildman–Crippen LogP) is 1.68. The molecule has 1 saturated heterocycles. The van der Waals surface area contributed by atoms with Crippen LogP contribution in [0.2, 0.25) is 0 Å². The molecule has 1 fully saturated rings. The first-order valence-electron chi connectivity index (χ1n) is 6.33. The van der Waals surface area contributed by atoms with Gasteiger partial charge in [0.1, 0.15) is 18.2 Å². The van der Waals surface area contributed by atoms with E-state index < -0.39 is 12.0 Å². The van der Waals surface area contributed by atoms with Gasteiger partial charge in [-0.05, 0) is 26.7 Å². The Bertz CT molecular complexity index is 435. The molecule has 4 heteroatoms. The summed E-state index contributed by atoms with van der Waals surface area (Å²) < 4.78 is 5.36. The van der Waals surface area contributed by atoms with E-state index in [1.54, 1.807) is 0 Å². The van der Waals surface area contributed by atoms with Crippen molar-refractivity contribution in [2.45, 2.75) is 39.7 Å². The largest absolute Gasteiger partial charge is 0.461 e. The number of hydrogen-bond donors (Lipinski definition) is 0. The summed E-state index contributed by atoms with van der Waals surface area (Å²) in [6.07, 6.45) is 1.84. The van der Waals surface area contributed by atoms with E-state index in [9.17, 15) is 14.4 Å². The Hall–Kier alpha value is -1.45. The Kier molecular flexibility index (Phi) is 3.37. The van der Waals surface area contributed by atoms with Gasteiger partial charge in [0.2, 0.25) is 0 Å². The maximum Gasteiger partial charge on any atom is 0.309 e. The molecule has 98 valence electrons. The molecule has 4 atom stereocenters. The van der Waals surface area contributed by atoms with Crippen molar-refractivity contribution in [3.05, 3.63) is 11.1 Å². The fraction of sp³-hybridized carbons (Fsp3) is 0.643. The van der Waals surface area contributed by atoms with E-state index in [-0.39, 0.29) is 23.6 Å². The molecule has 1 aliphatic carbocycles. The monoisotopic (exact) mass is 250 g/mol. The normalized spacial score (nSPS) is 35.8. The second-order valence-electron chi connectivity index (χ2n) is 5.33. The zero-order valence-corrected chi connectivity index (χ0v) is 10.9. The highest BCUT2D eigenvalue weighted by Gasteiger charge is 2.49. The van der Waals surface area contributed by atoms with Crippen molar-refractivity contribution in [3.8, 4) is 0 Å². The van der Waals surface area contributed by atoms with Crippen molar-refractivity contribution < 1.29 is 19.1 Å². The zero-order valence-electron chi connectivity index (χ0n) is 10.9. The molecule has 0 aromatic heterocycles. The minimum atomic E-state index is -0.580. The molecule has 0 radical (unpaired) electrons. The lowest BCUT2D eigenvalue weighted by Gasteiger charge is -2.23. The molecule has 0 aromatic carbocycles. The highest BCUT2D eigenvalue weighted by molar-refractivity contribution is 5.92. The molecular formula is C14H18O4. The number of aldehydes is 1. The lowest BCUT2D eigenvalue weighted by Crippen LogP contribution is -2.33. The van der Waals surface area contributed by atoms with Gasteiger partial charge in [-0.3, -0.25) is 14.4 Å². The molecule has 0 amide bonds. The van der Waals surface area contributed by atoms with Crippen LogP contribution in [-0.2, 0) is 19.1 Å². The molecule has 0 N–H and O–H groups in total. The smallest absolute Gasteiger partial charge is 0.309 e. The second-order valence-corrected chi connectivity index (χ2v) is 5.33.